The Balaban J connectivity index is 1.82. The minimum absolute atomic E-state index is 0.117. The van der Waals surface area contributed by atoms with Crippen LogP contribution in [0.2, 0.25) is 0 Å². The summed E-state index contributed by atoms with van der Waals surface area (Å²) in [4.78, 5) is 26.5. The molecule has 0 spiro atoms. The van der Waals surface area contributed by atoms with Crippen molar-refractivity contribution in [1.29, 1.82) is 0 Å². The summed E-state index contributed by atoms with van der Waals surface area (Å²) in [6.45, 7) is 2.03. The molecule has 3 atom stereocenters. The van der Waals surface area contributed by atoms with E-state index in [1.165, 1.54) is 13.2 Å². The van der Waals surface area contributed by atoms with E-state index in [0.717, 1.165) is 24.8 Å². The molecule has 2 aromatic carbocycles. The number of Topliss-reactive ketones (excluding diaryl/α,β-unsaturated/α-hetero) is 1. The Hall–Kier alpha value is -3.57. The van der Waals surface area contributed by atoms with Crippen LogP contribution in [0, 0.1) is 11.8 Å². The molecular formula is C29H33BF3NO6. The van der Waals surface area contributed by atoms with E-state index in [1.54, 1.807) is 24.3 Å². The number of ether oxygens (including phenoxy) is 2. The van der Waals surface area contributed by atoms with E-state index in [-0.39, 0.29) is 42.3 Å². The van der Waals surface area contributed by atoms with Gasteiger partial charge in [-0.15, -0.1) is 0 Å². The summed E-state index contributed by atoms with van der Waals surface area (Å²) in [7, 11) is 0.568. The Morgan fingerprint density at radius 1 is 1.07 bits per heavy atom. The van der Waals surface area contributed by atoms with Crippen molar-refractivity contribution in [2.45, 2.75) is 44.7 Å². The van der Waals surface area contributed by atoms with Crippen molar-refractivity contribution >= 4 is 18.8 Å². The lowest BCUT2D eigenvalue weighted by molar-refractivity contribution is -0.138. The first kappa shape index (κ1) is 31.0. The molecule has 0 saturated carbocycles. The molecule has 214 valence electrons. The van der Waals surface area contributed by atoms with E-state index >= 15 is 0 Å². The Morgan fingerprint density at radius 2 is 1.77 bits per heavy atom. The first-order valence-electron chi connectivity index (χ1n) is 12.8. The maximum Gasteiger partial charge on any atom is 0.475 e. The van der Waals surface area contributed by atoms with Gasteiger partial charge < -0.3 is 24.8 Å². The van der Waals surface area contributed by atoms with Gasteiger partial charge >= 0.3 is 13.3 Å². The number of carbonyl (C=O) groups excluding carboxylic acids is 2. The maximum atomic E-state index is 13.5. The number of hydrogen-bond acceptors (Lipinski definition) is 6. The lowest BCUT2D eigenvalue weighted by atomic mass is 9.75. The molecule has 0 aliphatic heterocycles. The number of hydrogen-bond donors (Lipinski definition) is 3. The second-order valence-corrected chi connectivity index (χ2v) is 9.91. The fourth-order valence-electron chi connectivity index (χ4n) is 4.66. The summed E-state index contributed by atoms with van der Waals surface area (Å²) in [6.07, 6.45) is 1.65. The summed E-state index contributed by atoms with van der Waals surface area (Å²) in [5.41, 5.74) is 0.454. The molecule has 11 heteroatoms. The van der Waals surface area contributed by atoms with Crippen LogP contribution in [0.3, 0.4) is 0 Å². The third kappa shape index (κ3) is 8.47. The first-order valence-corrected chi connectivity index (χ1v) is 12.8. The molecule has 0 fully saturated rings. The third-order valence-electron chi connectivity index (χ3n) is 6.79. The molecular weight excluding hydrogens is 526 g/mol. The fourth-order valence-corrected chi connectivity index (χ4v) is 4.66. The molecule has 2 aromatic rings. The molecule has 0 bridgehead atoms. The van der Waals surface area contributed by atoms with E-state index in [0.29, 0.717) is 17.7 Å². The number of nitrogens with one attached hydrogen (secondary N) is 1. The quantitative estimate of drug-likeness (QED) is 0.260. The summed E-state index contributed by atoms with van der Waals surface area (Å²) < 4.78 is 50.4. The first-order chi connectivity index (χ1) is 18.9. The summed E-state index contributed by atoms with van der Waals surface area (Å²) in [6, 6.07) is 9.83. The van der Waals surface area contributed by atoms with Crippen molar-refractivity contribution in [3.8, 4) is 11.5 Å². The van der Waals surface area contributed by atoms with Gasteiger partial charge in [0.05, 0.1) is 25.7 Å². The van der Waals surface area contributed by atoms with Crippen LogP contribution in [0.1, 0.15) is 47.7 Å². The zero-order valence-corrected chi connectivity index (χ0v) is 22.6. The molecule has 3 rings (SSSR count). The van der Waals surface area contributed by atoms with Gasteiger partial charge in [-0.1, -0.05) is 36.8 Å². The van der Waals surface area contributed by atoms with Crippen LogP contribution in [-0.2, 0) is 17.4 Å². The number of ketones is 1. The second-order valence-electron chi connectivity index (χ2n) is 9.91. The maximum absolute atomic E-state index is 13.5. The normalized spacial score (nSPS) is 16.5. The van der Waals surface area contributed by atoms with Crippen LogP contribution in [0.5, 0.6) is 11.5 Å². The van der Waals surface area contributed by atoms with Gasteiger partial charge in [0.1, 0.15) is 11.5 Å². The van der Waals surface area contributed by atoms with Crippen LogP contribution in [0.15, 0.2) is 66.3 Å². The Bertz CT molecular complexity index is 1240. The highest BCUT2D eigenvalue weighted by Crippen LogP contribution is 2.37. The second kappa shape index (κ2) is 13.7. The standard InChI is InChI=1S/C29H33BF3NO6/c1-18-5-4-6-19(13-18)14-22(17-25(35)21-8-10-23(39-2)11-9-21)28(36)34-27(30(37)38)16-20-7-12-26(40-3)24(15-20)29(31,32)33/h4-12,15,18,22,27,37-38H,13-14,16-17H2,1-3H3,(H,34,36)/t18?,22-,27+/m1/s1. The van der Waals surface area contributed by atoms with E-state index in [2.05, 4.69) is 5.32 Å². The van der Waals surface area contributed by atoms with E-state index < -0.39 is 36.6 Å². The zero-order chi connectivity index (χ0) is 29.4. The molecule has 1 unspecified atom stereocenters. The van der Waals surface area contributed by atoms with Gasteiger partial charge in [-0.25, -0.2) is 0 Å². The monoisotopic (exact) mass is 559 g/mol. The summed E-state index contributed by atoms with van der Waals surface area (Å²) in [5.74, 6) is -2.59. The number of allylic oxidation sites excluding steroid dienone is 4. The SMILES string of the molecule is COc1ccc(C(=O)C[C@@H](CC2=CC=CC(C)C2)C(=O)N[C@@H](Cc2ccc(OC)c(C(F)(F)F)c2)B(O)O)cc1. The highest BCUT2D eigenvalue weighted by atomic mass is 19.4. The van der Waals surface area contributed by atoms with Gasteiger partial charge in [-0.05, 0) is 67.1 Å². The molecule has 0 heterocycles. The van der Waals surface area contributed by atoms with Gasteiger partial charge in [-0.2, -0.15) is 13.2 Å². The van der Waals surface area contributed by atoms with Crippen LogP contribution in [0.25, 0.3) is 0 Å². The van der Waals surface area contributed by atoms with Gasteiger partial charge in [0.15, 0.2) is 5.78 Å². The predicted molar refractivity (Wildman–Crippen MR) is 145 cm³/mol. The van der Waals surface area contributed by atoms with Crippen molar-refractivity contribution in [2.24, 2.45) is 11.8 Å². The van der Waals surface area contributed by atoms with Crippen LogP contribution >= 0.6 is 0 Å². The van der Waals surface area contributed by atoms with Gasteiger partial charge in [-0.3, -0.25) is 9.59 Å². The number of carbonyl (C=O) groups is 2. The zero-order valence-electron chi connectivity index (χ0n) is 22.6. The molecule has 0 saturated heterocycles. The van der Waals surface area contributed by atoms with Crippen molar-refractivity contribution in [1.82, 2.24) is 5.32 Å². The van der Waals surface area contributed by atoms with E-state index in [4.69, 9.17) is 9.47 Å². The summed E-state index contributed by atoms with van der Waals surface area (Å²) in [5, 5.41) is 22.5. The smallest absolute Gasteiger partial charge is 0.475 e. The minimum Gasteiger partial charge on any atom is -0.497 e. The van der Waals surface area contributed by atoms with Crippen molar-refractivity contribution in [3.63, 3.8) is 0 Å². The molecule has 1 aliphatic carbocycles. The van der Waals surface area contributed by atoms with Crippen LogP contribution < -0.4 is 14.8 Å². The number of amides is 1. The lowest BCUT2D eigenvalue weighted by Crippen LogP contribution is -2.50. The largest absolute Gasteiger partial charge is 0.497 e. The average molecular weight is 559 g/mol. The van der Waals surface area contributed by atoms with Crippen molar-refractivity contribution < 1.29 is 42.3 Å². The molecule has 0 radical (unpaired) electrons. The highest BCUT2D eigenvalue weighted by Gasteiger charge is 2.36. The molecule has 3 N–H and O–H groups in total. The number of halogens is 3. The summed E-state index contributed by atoms with van der Waals surface area (Å²) >= 11 is 0. The van der Waals surface area contributed by atoms with Gasteiger partial charge in [0, 0.05) is 17.9 Å². The molecule has 1 aliphatic rings. The predicted octanol–water partition coefficient (Wildman–Crippen LogP) is 4.56. The Labute approximate surface area is 231 Å². The van der Waals surface area contributed by atoms with Crippen molar-refractivity contribution in [3.05, 3.63) is 83.0 Å². The number of methoxy groups -OCH3 is 2. The van der Waals surface area contributed by atoms with Crippen molar-refractivity contribution in [2.75, 3.05) is 14.2 Å². The lowest BCUT2D eigenvalue weighted by Gasteiger charge is -2.24. The minimum atomic E-state index is -4.69. The molecule has 1 amide bonds. The Kier molecular flexibility index (Phi) is 10.6. The molecule has 40 heavy (non-hydrogen) atoms. The van der Waals surface area contributed by atoms with Crippen LogP contribution in [0.4, 0.5) is 13.2 Å². The van der Waals surface area contributed by atoms with Gasteiger partial charge in [0.25, 0.3) is 0 Å². The fraction of sp³-hybridized carbons (Fsp3) is 0.379. The Morgan fingerprint density at radius 3 is 2.35 bits per heavy atom. The van der Waals surface area contributed by atoms with Gasteiger partial charge in [0.2, 0.25) is 5.91 Å². The van der Waals surface area contributed by atoms with E-state index in [9.17, 15) is 32.8 Å². The third-order valence-corrected chi connectivity index (χ3v) is 6.79. The number of rotatable bonds is 12. The highest BCUT2D eigenvalue weighted by molar-refractivity contribution is 6.43. The topological polar surface area (TPSA) is 105 Å². The number of benzene rings is 2. The van der Waals surface area contributed by atoms with Crippen LogP contribution in [-0.4, -0.2) is 49.0 Å². The molecule has 7 nitrogen and oxygen atoms in total. The molecule has 0 aromatic heterocycles. The van der Waals surface area contributed by atoms with E-state index in [1.807, 2.05) is 25.2 Å². The average Bonchev–Trinajstić information content (AvgIpc) is 2.91. The number of alkyl halides is 3.